The summed E-state index contributed by atoms with van der Waals surface area (Å²) in [6, 6.07) is 12.0. The van der Waals surface area contributed by atoms with Crippen molar-refractivity contribution < 1.29 is 0 Å². The monoisotopic (exact) mass is 219 g/mol. The molecule has 0 aliphatic heterocycles. The van der Waals surface area contributed by atoms with E-state index < -0.39 is 0 Å². The van der Waals surface area contributed by atoms with E-state index in [0.717, 1.165) is 0 Å². The molecule has 1 aromatic carbocycles. The molecule has 2 N–H and O–H groups in total. The van der Waals surface area contributed by atoms with Gasteiger partial charge in [0, 0.05) is 12.1 Å². The quantitative estimate of drug-likeness (QED) is 0.744. The molecule has 1 aromatic rings. The minimum atomic E-state index is -0.183. The summed E-state index contributed by atoms with van der Waals surface area (Å²) in [4.78, 5) is 0. The summed E-state index contributed by atoms with van der Waals surface area (Å²) in [5.41, 5.74) is 1.06. The molecule has 2 heteroatoms. The van der Waals surface area contributed by atoms with Gasteiger partial charge in [0.25, 0.3) is 0 Å². The van der Waals surface area contributed by atoms with Gasteiger partial charge in [-0.2, -0.15) is 0 Å². The molecule has 89 valence electrons. The molecule has 16 heavy (non-hydrogen) atoms. The largest absolute Gasteiger partial charge is 0.294 e. The summed E-state index contributed by atoms with van der Waals surface area (Å²) in [6.45, 7) is 10.8. The Morgan fingerprint density at radius 3 is 1.81 bits per heavy atom. The predicted octanol–water partition coefficient (Wildman–Crippen LogP) is 2.66. The number of nitrogens with one attached hydrogen (secondary N) is 2. The molecule has 0 aliphatic rings. The van der Waals surface area contributed by atoms with Crippen molar-refractivity contribution in [2.75, 3.05) is 0 Å². The lowest BCUT2D eigenvalue weighted by molar-refractivity contribution is 0.245. The first-order chi connectivity index (χ1) is 7.44. The molecule has 0 fully saturated rings. The van der Waals surface area contributed by atoms with E-state index >= 15 is 0 Å². The Hall–Kier alpha value is -0.860. The number of benzene rings is 1. The molecular formula is C14H23N2. The van der Waals surface area contributed by atoms with E-state index in [-0.39, 0.29) is 5.66 Å². The van der Waals surface area contributed by atoms with E-state index in [1.807, 2.05) is 12.1 Å². The van der Waals surface area contributed by atoms with Crippen molar-refractivity contribution in [2.45, 2.75) is 52.4 Å². The van der Waals surface area contributed by atoms with Gasteiger partial charge in [-0.25, -0.2) is 0 Å². The number of rotatable bonds is 5. The van der Waals surface area contributed by atoms with Crippen LogP contribution in [0.4, 0.5) is 0 Å². The minimum Gasteiger partial charge on any atom is -0.294 e. The maximum atomic E-state index is 3.58. The Balaban J connectivity index is 2.95. The van der Waals surface area contributed by atoms with Gasteiger partial charge in [-0.3, -0.25) is 10.6 Å². The van der Waals surface area contributed by atoms with Gasteiger partial charge in [0.15, 0.2) is 0 Å². The van der Waals surface area contributed by atoms with E-state index in [1.54, 1.807) is 0 Å². The molecule has 0 heterocycles. The highest BCUT2D eigenvalue weighted by Gasteiger charge is 2.26. The molecule has 1 rings (SSSR count). The van der Waals surface area contributed by atoms with Crippen molar-refractivity contribution in [3.8, 4) is 0 Å². The van der Waals surface area contributed by atoms with Crippen molar-refractivity contribution in [1.82, 2.24) is 10.6 Å². The fourth-order valence-corrected chi connectivity index (χ4v) is 2.08. The van der Waals surface area contributed by atoms with Crippen LogP contribution in [0.2, 0.25) is 0 Å². The molecule has 0 bridgehead atoms. The first-order valence-electron chi connectivity index (χ1n) is 5.96. The number of hydrogen-bond acceptors (Lipinski definition) is 2. The Bertz CT molecular complexity index is 294. The SMILES string of the molecule is CC(C)NC(C)(NC(C)C)c1cc[c]cc1. The Labute approximate surface area is 99.5 Å². The Kier molecular flexibility index (Phi) is 4.51. The van der Waals surface area contributed by atoms with Gasteiger partial charge >= 0.3 is 0 Å². The number of hydrogen-bond donors (Lipinski definition) is 2. The fraction of sp³-hybridized carbons (Fsp3) is 0.571. The summed E-state index contributed by atoms with van der Waals surface area (Å²) in [6.07, 6.45) is 0. The normalized spacial score (nSPS) is 12.4. The first-order valence-corrected chi connectivity index (χ1v) is 5.96. The molecule has 0 atom stereocenters. The summed E-state index contributed by atoms with van der Waals surface area (Å²) in [5, 5.41) is 7.16. The van der Waals surface area contributed by atoms with E-state index in [4.69, 9.17) is 0 Å². The van der Waals surface area contributed by atoms with Crippen molar-refractivity contribution in [1.29, 1.82) is 0 Å². The molecule has 1 radical (unpaired) electrons. The maximum absolute atomic E-state index is 3.58. The second-order valence-electron chi connectivity index (χ2n) is 5.01. The van der Waals surface area contributed by atoms with Gasteiger partial charge in [0.1, 0.15) is 0 Å². The van der Waals surface area contributed by atoms with Crippen LogP contribution in [-0.4, -0.2) is 12.1 Å². The van der Waals surface area contributed by atoms with Crippen LogP contribution < -0.4 is 10.6 Å². The standard InChI is InChI=1S/C14H23N2/c1-11(2)15-14(5,16-12(3)4)13-9-7-6-8-10-13/h7-12,15-16H,1-5H3. The lowest BCUT2D eigenvalue weighted by atomic mass is 9.99. The highest BCUT2D eigenvalue weighted by Crippen LogP contribution is 2.18. The zero-order valence-corrected chi connectivity index (χ0v) is 11.0. The van der Waals surface area contributed by atoms with E-state index in [2.05, 4.69) is 63.5 Å². The second kappa shape index (κ2) is 5.46. The van der Waals surface area contributed by atoms with Crippen molar-refractivity contribution in [2.24, 2.45) is 0 Å². The third kappa shape index (κ3) is 3.62. The third-order valence-corrected chi connectivity index (χ3v) is 2.45. The van der Waals surface area contributed by atoms with E-state index in [9.17, 15) is 0 Å². The van der Waals surface area contributed by atoms with Gasteiger partial charge in [-0.1, -0.05) is 24.3 Å². The lowest BCUT2D eigenvalue weighted by Crippen LogP contribution is -2.56. The lowest BCUT2D eigenvalue weighted by Gasteiger charge is -2.36. The van der Waals surface area contributed by atoms with Crippen LogP contribution in [0.1, 0.15) is 40.2 Å². The van der Waals surface area contributed by atoms with Crippen LogP contribution in [0.3, 0.4) is 0 Å². The zero-order chi connectivity index (χ0) is 12.2. The summed E-state index contributed by atoms with van der Waals surface area (Å²) in [7, 11) is 0. The smallest absolute Gasteiger partial charge is 0.0924 e. The average molecular weight is 219 g/mol. The summed E-state index contributed by atoms with van der Waals surface area (Å²) in [5.74, 6) is 0. The van der Waals surface area contributed by atoms with E-state index in [1.165, 1.54) is 5.56 Å². The molecule has 0 saturated carbocycles. The van der Waals surface area contributed by atoms with Crippen molar-refractivity contribution >= 4 is 0 Å². The van der Waals surface area contributed by atoms with Crippen LogP contribution in [0.5, 0.6) is 0 Å². The molecule has 0 spiro atoms. The molecule has 0 saturated heterocycles. The Morgan fingerprint density at radius 1 is 1.00 bits per heavy atom. The van der Waals surface area contributed by atoms with Crippen LogP contribution in [0.15, 0.2) is 24.3 Å². The minimum absolute atomic E-state index is 0.183. The van der Waals surface area contributed by atoms with Crippen LogP contribution in [0, 0.1) is 6.07 Å². The topological polar surface area (TPSA) is 24.1 Å². The maximum Gasteiger partial charge on any atom is 0.0924 e. The van der Waals surface area contributed by atoms with Crippen LogP contribution >= 0.6 is 0 Å². The van der Waals surface area contributed by atoms with E-state index in [0.29, 0.717) is 12.1 Å². The van der Waals surface area contributed by atoms with Gasteiger partial charge in [0.2, 0.25) is 0 Å². The third-order valence-electron chi connectivity index (χ3n) is 2.45. The second-order valence-corrected chi connectivity index (χ2v) is 5.01. The van der Waals surface area contributed by atoms with Crippen LogP contribution in [-0.2, 0) is 5.66 Å². The first kappa shape index (κ1) is 13.2. The van der Waals surface area contributed by atoms with Gasteiger partial charge in [-0.05, 0) is 46.2 Å². The molecule has 0 aromatic heterocycles. The molecule has 0 aliphatic carbocycles. The summed E-state index contributed by atoms with van der Waals surface area (Å²) < 4.78 is 0. The van der Waals surface area contributed by atoms with Crippen LogP contribution in [0.25, 0.3) is 0 Å². The predicted molar refractivity (Wildman–Crippen MR) is 69.2 cm³/mol. The van der Waals surface area contributed by atoms with Gasteiger partial charge < -0.3 is 0 Å². The zero-order valence-electron chi connectivity index (χ0n) is 11.0. The molecular weight excluding hydrogens is 196 g/mol. The molecule has 0 unspecified atom stereocenters. The molecule has 0 amide bonds. The van der Waals surface area contributed by atoms with Crippen molar-refractivity contribution in [3.05, 3.63) is 35.9 Å². The highest BCUT2D eigenvalue weighted by atomic mass is 15.2. The average Bonchev–Trinajstić information content (AvgIpc) is 2.16. The van der Waals surface area contributed by atoms with Crippen molar-refractivity contribution in [3.63, 3.8) is 0 Å². The Morgan fingerprint density at radius 2 is 1.44 bits per heavy atom. The van der Waals surface area contributed by atoms with Gasteiger partial charge in [0.05, 0.1) is 5.66 Å². The fourth-order valence-electron chi connectivity index (χ4n) is 2.08. The summed E-state index contributed by atoms with van der Waals surface area (Å²) >= 11 is 0. The van der Waals surface area contributed by atoms with Gasteiger partial charge in [-0.15, -0.1) is 0 Å². The molecule has 2 nitrogen and oxygen atoms in total. The highest BCUT2D eigenvalue weighted by molar-refractivity contribution is 5.22.